The molecular weight excluding hydrogens is 294 g/mol. The first-order valence-electron chi connectivity index (χ1n) is 6.32. The summed E-state index contributed by atoms with van der Waals surface area (Å²) in [5.41, 5.74) is 1.90. The van der Waals surface area contributed by atoms with Crippen LogP contribution < -0.4 is 5.32 Å². The topological polar surface area (TPSA) is 116 Å². The van der Waals surface area contributed by atoms with Gasteiger partial charge < -0.3 is 4.90 Å². The van der Waals surface area contributed by atoms with Crippen LogP contribution in [-0.2, 0) is 14.8 Å². The fraction of sp³-hybridized carbons (Fsp3) is 0.364. The average Bonchev–Trinajstić information content (AvgIpc) is 3.06. The van der Waals surface area contributed by atoms with E-state index in [9.17, 15) is 9.00 Å². The van der Waals surface area contributed by atoms with Crippen LogP contribution in [0.2, 0.25) is 0 Å². The number of hydrogen-bond acceptors (Lipinski definition) is 7. The van der Waals surface area contributed by atoms with Crippen LogP contribution >= 0.6 is 0 Å². The molecule has 2 aliphatic rings. The number of fused-ring (bicyclic) bond motifs is 1. The van der Waals surface area contributed by atoms with E-state index in [1.807, 2.05) is 20.0 Å². The van der Waals surface area contributed by atoms with Crippen molar-refractivity contribution in [3.05, 3.63) is 11.8 Å². The van der Waals surface area contributed by atoms with E-state index >= 15 is 0 Å². The number of H-pyrrole nitrogens is 1. The van der Waals surface area contributed by atoms with Gasteiger partial charge in [-0.1, -0.05) is 12.0 Å². The highest BCUT2D eigenvalue weighted by Crippen LogP contribution is 2.15. The van der Waals surface area contributed by atoms with Crippen molar-refractivity contribution in [3.63, 3.8) is 0 Å². The molecule has 3 heterocycles. The summed E-state index contributed by atoms with van der Waals surface area (Å²) < 4.78 is 12.4. The number of carbonyl (C=O) groups is 1. The number of aromatic nitrogens is 4. The molecule has 2 aliphatic heterocycles. The Balaban J connectivity index is 1.94. The highest BCUT2D eigenvalue weighted by atomic mass is 32.1. The molecule has 9 nitrogen and oxygen atoms in total. The lowest BCUT2D eigenvalue weighted by Gasteiger charge is -2.21. The molecule has 0 atom stereocenters. The number of aromatic amines is 1. The second-order valence-electron chi connectivity index (χ2n) is 4.53. The fourth-order valence-electron chi connectivity index (χ4n) is 2.12. The third kappa shape index (κ3) is 2.33. The molecule has 0 aliphatic carbocycles. The quantitative estimate of drug-likeness (QED) is 0.708. The summed E-state index contributed by atoms with van der Waals surface area (Å²) in [6.45, 7) is 4.17. The molecule has 0 aromatic carbocycles. The van der Waals surface area contributed by atoms with Gasteiger partial charge in [0.15, 0.2) is 0 Å². The van der Waals surface area contributed by atoms with Crippen molar-refractivity contribution in [1.82, 2.24) is 25.5 Å². The lowest BCUT2D eigenvalue weighted by atomic mass is 10.1. The number of carbonyl (C=O) groups excluding carboxylic acids is 1. The fourth-order valence-corrected chi connectivity index (χ4v) is 3.34. The SMILES string of the molecule is CCC1=NC2=S(=O)=C(C(=O)Nc3nnn[nH]3)CN2C=C1C. The molecule has 0 fully saturated rings. The van der Waals surface area contributed by atoms with Crippen molar-refractivity contribution >= 4 is 37.5 Å². The minimum absolute atomic E-state index is 0.115. The largest absolute Gasteiger partial charge is 0.317 e. The maximum absolute atomic E-state index is 12.4. The number of rotatable bonds is 3. The predicted octanol–water partition coefficient (Wildman–Crippen LogP) is -0.769. The van der Waals surface area contributed by atoms with Crippen LogP contribution in [0.3, 0.4) is 0 Å². The second kappa shape index (κ2) is 5.13. The third-order valence-corrected chi connectivity index (χ3v) is 4.57. The van der Waals surface area contributed by atoms with E-state index in [4.69, 9.17) is 0 Å². The van der Waals surface area contributed by atoms with Crippen LogP contribution in [0, 0.1) is 0 Å². The van der Waals surface area contributed by atoms with E-state index < -0.39 is 15.9 Å². The third-order valence-electron chi connectivity index (χ3n) is 3.15. The number of nitrogens with zero attached hydrogens (tertiary/aromatic N) is 5. The Morgan fingerprint density at radius 2 is 2.38 bits per heavy atom. The monoisotopic (exact) mass is 307 g/mol. The summed E-state index contributed by atoms with van der Waals surface area (Å²) in [6.07, 6.45) is 2.62. The molecule has 21 heavy (non-hydrogen) atoms. The molecule has 10 heteroatoms. The second-order valence-corrected chi connectivity index (χ2v) is 5.93. The normalized spacial score (nSPS) is 17.6. The number of amides is 1. The summed E-state index contributed by atoms with van der Waals surface area (Å²) in [6, 6.07) is 0. The van der Waals surface area contributed by atoms with Gasteiger partial charge in [0, 0.05) is 11.9 Å². The molecule has 0 saturated heterocycles. The van der Waals surface area contributed by atoms with Crippen LogP contribution in [0.5, 0.6) is 0 Å². The lowest BCUT2D eigenvalue weighted by molar-refractivity contribution is -0.110. The van der Waals surface area contributed by atoms with Crippen molar-refractivity contribution in [2.24, 2.45) is 4.99 Å². The number of nitrogens with one attached hydrogen (secondary N) is 2. The zero-order valence-corrected chi connectivity index (χ0v) is 12.3. The summed E-state index contributed by atoms with van der Waals surface area (Å²) >= 11 is 0. The summed E-state index contributed by atoms with van der Waals surface area (Å²) in [5, 5.41) is 15.6. The predicted molar refractivity (Wildman–Crippen MR) is 79.2 cm³/mol. The maximum Gasteiger partial charge on any atom is 0.268 e. The smallest absolute Gasteiger partial charge is 0.268 e. The first-order chi connectivity index (χ1) is 10.1. The van der Waals surface area contributed by atoms with Gasteiger partial charge in [0.1, 0.15) is 4.86 Å². The molecule has 0 saturated carbocycles. The van der Waals surface area contributed by atoms with Gasteiger partial charge >= 0.3 is 0 Å². The van der Waals surface area contributed by atoms with Gasteiger partial charge in [0.2, 0.25) is 11.1 Å². The van der Waals surface area contributed by atoms with E-state index in [0.717, 1.165) is 17.7 Å². The Morgan fingerprint density at radius 3 is 3.05 bits per heavy atom. The molecule has 3 rings (SSSR count). The van der Waals surface area contributed by atoms with Crippen LogP contribution in [0.15, 0.2) is 16.8 Å². The molecule has 0 spiro atoms. The average molecular weight is 307 g/mol. The summed E-state index contributed by atoms with van der Waals surface area (Å²) in [5.74, 6) is -0.364. The highest BCUT2D eigenvalue weighted by Gasteiger charge is 2.28. The minimum Gasteiger partial charge on any atom is -0.317 e. The maximum atomic E-state index is 12.4. The number of aliphatic imine (C=N–C) groups is 1. The van der Waals surface area contributed by atoms with Crippen molar-refractivity contribution in [1.29, 1.82) is 0 Å². The van der Waals surface area contributed by atoms with Gasteiger partial charge in [-0.05, 0) is 29.3 Å². The number of hydrogen-bond donors (Lipinski definition) is 2. The van der Waals surface area contributed by atoms with E-state index in [1.54, 1.807) is 4.90 Å². The molecule has 1 aromatic heterocycles. The molecule has 2 N–H and O–H groups in total. The van der Waals surface area contributed by atoms with Gasteiger partial charge in [-0.15, -0.1) is 0 Å². The number of tetrazole rings is 1. The Labute approximate surface area is 121 Å². The van der Waals surface area contributed by atoms with E-state index in [-0.39, 0.29) is 17.4 Å². The Hall–Kier alpha value is -2.49. The van der Waals surface area contributed by atoms with Crippen molar-refractivity contribution in [2.45, 2.75) is 20.3 Å². The van der Waals surface area contributed by atoms with Gasteiger partial charge in [-0.25, -0.2) is 14.3 Å². The van der Waals surface area contributed by atoms with Crippen LogP contribution in [0.25, 0.3) is 0 Å². The minimum atomic E-state index is -1.57. The van der Waals surface area contributed by atoms with Crippen molar-refractivity contribution in [3.8, 4) is 0 Å². The van der Waals surface area contributed by atoms with Gasteiger partial charge in [-0.2, -0.15) is 0 Å². The Bertz CT molecular complexity index is 804. The van der Waals surface area contributed by atoms with Gasteiger partial charge in [-0.3, -0.25) is 10.1 Å². The summed E-state index contributed by atoms with van der Waals surface area (Å²) in [4.78, 5) is 18.5. The Kier molecular flexibility index (Phi) is 3.29. The molecular formula is C11H13N7O2S. The van der Waals surface area contributed by atoms with Crippen LogP contribution in [0.4, 0.5) is 5.95 Å². The van der Waals surface area contributed by atoms with E-state index in [2.05, 4.69) is 30.9 Å². The van der Waals surface area contributed by atoms with Gasteiger partial charge in [0.05, 0.1) is 16.5 Å². The molecule has 0 unspecified atom stereocenters. The van der Waals surface area contributed by atoms with Crippen LogP contribution in [-0.4, -0.2) is 57.9 Å². The lowest BCUT2D eigenvalue weighted by Crippen LogP contribution is -2.33. The first-order valence-corrected chi connectivity index (χ1v) is 7.47. The molecule has 1 amide bonds. The molecule has 0 radical (unpaired) electrons. The molecule has 1 aromatic rings. The van der Waals surface area contributed by atoms with Crippen molar-refractivity contribution < 1.29 is 9.00 Å². The first kappa shape index (κ1) is 13.5. The van der Waals surface area contributed by atoms with Gasteiger partial charge in [0.25, 0.3) is 5.91 Å². The zero-order chi connectivity index (χ0) is 15.0. The summed E-state index contributed by atoms with van der Waals surface area (Å²) in [7, 11) is -1.57. The Morgan fingerprint density at radius 1 is 1.57 bits per heavy atom. The zero-order valence-electron chi connectivity index (χ0n) is 11.5. The molecule has 110 valence electrons. The standard InChI is InChI=1S/C11H13N7O2S/c1-3-7-6(2)4-18-5-8(21(20)11(18)12-7)9(19)13-10-14-16-17-15-10/h4H,3,5H2,1-2H3,(H2,13,14,15,16,17,19). The highest BCUT2D eigenvalue weighted by molar-refractivity contribution is 7.87. The van der Waals surface area contributed by atoms with E-state index in [0.29, 0.717) is 5.11 Å². The van der Waals surface area contributed by atoms with Crippen molar-refractivity contribution in [2.75, 3.05) is 11.9 Å². The van der Waals surface area contributed by atoms with E-state index in [1.165, 1.54) is 0 Å². The number of anilines is 1. The molecule has 0 bridgehead atoms. The number of allylic oxidation sites excluding steroid dienone is 1. The van der Waals surface area contributed by atoms with Crippen LogP contribution in [0.1, 0.15) is 20.3 Å².